The molecule has 1 amide bonds. The van der Waals surface area contributed by atoms with Crippen LogP contribution in [0.4, 0.5) is 0 Å². The van der Waals surface area contributed by atoms with Gasteiger partial charge in [-0.2, -0.15) is 0 Å². The molecule has 3 heterocycles. The van der Waals surface area contributed by atoms with Gasteiger partial charge in [-0.15, -0.1) is 28.8 Å². The molecule has 148 valence electrons. The summed E-state index contributed by atoms with van der Waals surface area (Å²) < 4.78 is 1.75. The Morgan fingerprint density at radius 2 is 2.04 bits per heavy atom. The first kappa shape index (κ1) is 20.5. The van der Waals surface area contributed by atoms with Crippen LogP contribution in [0.1, 0.15) is 30.4 Å². The van der Waals surface area contributed by atoms with Gasteiger partial charge in [-0.05, 0) is 42.3 Å². The summed E-state index contributed by atoms with van der Waals surface area (Å²) in [5.41, 5.74) is 6.82. The van der Waals surface area contributed by atoms with Crippen molar-refractivity contribution in [3.05, 3.63) is 53.7 Å². The molecule has 3 aromatic rings. The van der Waals surface area contributed by atoms with Gasteiger partial charge in [0.05, 0.1) is 10.6 Å². The second-order valence-corrected chi connectivity index (χ2v) is 7.95. The first-order chi connectivity index (χ1) is 13.2. The highest BCUT2D eigenvalue weighted by Gasteiger charge is 2.32. The van der Waals surface area contributed by atoms with Crippen LogP contribution in [0.5, 0.6) is 0 Å². The molecule has 0 radical (unpaired) electrons. The van der Waals surface area contributed by atoms with Crippen LogP contribution in [-0.4, -0.2) is 44.7 Å². The number of piperidine rings is 1. The normalized spacial score (nSPS) is 19.3. The van der Waals surface area contributed by atoms with Crippen molar-refractivity contribution in [1.29, 1.82) is 0 Å². The Balaban J connectivity index is 0.00000225. The maximum atomic E-state index is 13.2. The summed E-state index contributed by atoms with van der Waals surface area (Å²) in [4.78, 5) is 20.6. The number of nitrogens with two attached hydrogens (primary N) is 1. The van der Waals surface area contributed by atoms with Crippen molar-refractivity contribution in [2.45, 2.75) is 25.8 Å². The minimum Gasteiger partial charge on any atom is -0.332 e. The zero-order valence-corrected chi connectivity index (χ0v) is 17.3. The highest BCUT2D eigenvalue weighted by molar-refractivity contribution is 7.13. The Hall–Kier alpha value is -2.22. The minimum atomic E-state index is -0.134. The van der Waals surface area contributed by atoms with Crippen molar-refractivity contribution in [2.75, 3.05) is 13.1 Å². The van der Waals surface area contributed by atoms with Crippen LogP contribution in [0.2, 0.25) is 0 Å². The molecule has 1 aromatic carbocycles. The molecule has 0 spiro atoms. The molecule has 1 aliphatic heterocycles. The van der Waals surface area contributed by atoms with E-state index in [0.29, 0.717) is 24.8 Å². The Labute approximate surface area is 174 Å². The summed E-state index contributed by atoms with van der Waals surface area (Å²) in [6.07, 6.45) is 1.92. The molecule has 2 unspecified atom stereocenters. The molecule has 4 rings (SSSR count). The van der Waals surface area contributed by atoms with E-state index < -0.39 is 0 Å². The Kier molecular flexibility index (Phi) is 6.49. The van der Waals surface area contributed by atoms with Crippen molar-refractivity contribution in [3.8, 4) is 16.4 Å². The van der Waals surface area contributed by atoms with E-state index in [2.05, 4.69) is 17.0 Å². The quantitative estimate of drug-likeness (QED) is 0.703. The summed E-state index contributed by atoms with van der Waals surface area (Å²) in [5.74, 6) is 1.37. The predicted octanol–water partition coefficient (Wildman–Crippen LogP) is 3.62. The summed E-state index contributed by atoms with van der Waals surface area (Å²) >= 11 is 1.58. The highest BCUT2D eigenvalue weighted by Crippen LogP contribution is 2.27. The molecule has 0 saturated carbocycles. The number of nitrogens with zero attached hydrogens (tertiary/aromatic N) is 4. The van der Waals surface area contributed by atoms with Crippen molar-refractivity contribution < 1.29 is 4.79 Å². The third kappa shape index (κ3) is 3.97. The van der Waals surface area contributed by atoms with Crippen molar-refractivity contribution in [3.63, 3.8) is 0 Å². The summed E-state index contributed by atoms with van der Waals surface area (Å²) in [7, 11) is 0. The van der Waals surface area contributed by atoms with Gasteiger partial charge < -0.3 is 10.6 Å². The number of likely N-dealkylation sites (tertiary alicyclic amines) is 1. The van der Waals surface area contributed by atoms with Crippen molar-refractivity contribution >= 4 is 29.7 Å². The molecule has 8 heteroatoms. The highest BCUT2D eigenvalue weighted by atomic mass is 35.5. The average molecular weight is 418 g/mol. The largest absolute Gasteiger partial charge is 0.332 e. The lowest BCUT2D eigenvalue weighted by molar-refractivity contribution is 0.0561. The zero-order chi connectivity index (χ0) is 18.8. The molecule has 1 fully saturated rings. The molecule has 1 saturated heterocycles. The number of carbonyl (C=O) groups is 1. The molecular weight excluding hydrogens is 394 g/mol. The third-order valence-electron chi connectivity index (χ3n) is 5.05. The van der Waals surface area contributed by atoms with Crippen LogP contribution in [0.25, 0.3) is 16.4 Å². The van der Waals surface area contributed by atoms with E-state index >= 15 is 0 Å². The van der Waals surface area contributed by atoms with Crippen molar-refractivity contribution in [1.82, 2.24) is 19.7 Å². The molecule has 2 aromatic heterocycles. The Morgan fingerprint density at radius 3 is 2.71 bits per heavy atom. The van der Waals surface area contributed by atoms with Crippen LogP contribution < -0.4 is 5.73 Å². The molecule has 28 heavy (non-hydrogen) atoms. The van der Waals surface area contributed by atoms with Crippen LogP contribution in [-0.2, 0) is 0 Å². The number of rotatable bonds is 4. The van der Waals surface area contributed by atoms with Gasteiger partial charge in [0, 0.05) is 19.1 Å². The van der Waals surface area contributed by atoms with E-state index in [1.54, 1.807) is 16.0 Å². The van der Waals surface area contributed by atoms with E-state index in [1.165, 1.54) is 0 Å². The zero-order valence-electron chi connectivity index (χ0n) is 15.7. The first-order valence-electron chi connectivity index (χ1n) is 9.24. The number of benzene rings is 1. The van der Waals surface area contributed by atoms with Crippen molar-refractivity contribution in [2.24, 2.45) is 11.7 Å². The maximum Gasteiger partial charge on any atom is 0.293 e. The number of para-hydroxylation sites is 1. The van der Waals surface area contributed by atoms with E-state index in [1.807, 2.05) is 52.7 Å². The standard InChI is InChI=1S/C20H23N5OS.ClH/c1-14-9-10-24(16(12-14)13-21)20(26)18-22-19(17-8-5-11-27-17)25(23-18)15-6-3-2-4-7-15;/h2-8,11,14,16H,9-10,12-13,21H2,1H3;1H. The summed E-state index contributed by atoms with van der Waals surface area (Å²) in [6.45, 7) is 3.38. The molecule has 1 aliphatic rings. The number of thiophene rings is 1. The Morgan fingerprint density at radius 1 is 1.25 bits per heavy atom. The summed E-state index contributed by atoms with van der Waals surface area (Å²) in [5, 5.41) is 6.58. The fourth-order valence-electron chi connectivity index (χ4n) is 3.59. The number of carbonyl (C=O) groups excluding carboxylic acids is 1. The predicted molar refractivity (Wildman–Crippen MR) is 114 cm³/mol. The maximum absolute atomic E-state index is 13.2. The van der Waals surface area contributed by atoms with E-state index in [0.717, 1.165) is 23.4 Å². The number of amides is 1. The lowest BCUT2D eigenvalue weighted by atomic mass is 9.92. The van der Waals surface area contributed by atoms with Crippen LogP contribution in [0.15, 0.2) is 47.8 Å². The van der Waals surface area contributed by atoms with Gasteiger partial charge in [0.2, 0.25) is 5.82 Å². The minimum absolute atomic E-state index is 0. The van der Waals surface area contributed by atoms with Gasteiger partial charge in [-0.3, -0.25) is 4.79 Å². The average Bonchev–Trinajstić information content (AvgIpc) is 3.37. The van der Waals surface area contributed by atoms with Crippen LogP contribution >= 0.6 is 23.7 Å². The van der Waals surface area contributed by atoms with Gasteiger partial charge in [0.1, 0.15) is 0 Å². The molecule has 2 atom stereocenters. The molecule has 6 nitrogen and oxygen atoms in total. The molecule has 2 N–H and O–H groups in total. The van der Waals surface area contributed by atoms with E-state index in [4.69, 9.17) is 5.73 Å². The number of hydrogen-bond acceptors (Lipinski definition) is 5. The molecule has 0 bridgehead atoms. The number of halogens is 1. The monoisotopic (exact) mass is 417 g/mol. The first-order valence-corrected chi connectivity index (χ1v) is 10.1. The second kappa shape index (κ2) is 8.86. The SMILES string of the molecule is CC1CCN(C(=O)c2nc(-c3cccs3)n(-c3ccccc3)n2)C(CN)C1.Cl. The van der Waals surface area contributed by atoms with Gasteiger partial charge in [-0.25, -0.2) is 9.67 Å². The van der Waals surface area contributed by atoms with Gasteiger partial charge in [0.25, 0.3) is 5.91 Å². The molecule has 0 aliphatic carbocycles. The van der Waals surface area contributed by atoms with Crippen LogP contribution in [0, 0.1) is 5.92 Å². The Bertz CT molecular complexity index is 912. The number of hydrogen-bond donors (Lipinski definition) is 1. The number of aromatic nitrogens is 3. The van der Waals surface area contributed by atoms with Crippen LogP contribution in [0.3, 0.4) is 0 Å². The summed E-state index contributed by atoms with van der Waals surface area (Å²) in [6, 6.07) is 13.8. The third-order valence-corrected chi connectivity index (χ3v) is 5.92. The topological polar surface area (TPSA) is 77.0 Å². The lowest BCUT2D eigenvalue weighted by Gasteiger charge is -2.37. The smallest absolute Gasteiger partial charge is 0.293 e. The van der Waals surface area contributed by atoms with E-state index in [9.17, 15) is 4.79 Å². The fourth-order valence-corrected chi connectivity index (χ4v) is 4.29. The van der Waals surface area contributed by atoms with Gasteiger partial charge >= 0.3 is 0 Å². The lowest BCUT2D eigenvalue weighted by Crippen LogP contribution is -2.49. The molecular formula is C20H24ClN5OS. The van der Waals surface area contributed by atoms with E-state index in [-0.39, 0.29) is 30.2 Å². The fraction of sp³-hybridized carbons (Fsp3) is 0.350. The second-order valence-electron chi connectivity index (χ2n) is 7.00. The van der Waals surface area contributed by atoms with Gasteiger partial charge in [0.15, 0.2) is 5.82 Å². The van der Waals surface area contributed by atoms with Gasteiger partial charge in [-0.1, -0.05) is 31.2 Å².